The Balaban J connectivity index is 1.55. The van der Waals surface area contributed by atoms with Gasteiger partial charge in [-0.2, -0.15) is 0 Å². The molecule has 0 unspecified atom stereocenters. The first-order chi connectivity index (χ1) is 11.5. The summed E-state index contributed by atoms with van der Waals surface area (Å²) in [6.07, 6.45) is 0. The predicted octanol–water partition coefficient (Wildman–Crippen LogP) is 3.27. The van der Waals surface area contributed by atoms with Crippen LogP contribution in [0.5, 0.6) is 0 Å². The number of nitro groups is 1. The van der Waals surface area contributed by atoms with Crippen LogP contribution in [0.25, 0.3) is 0 Å². The second-order valence-corrected chi connectivity index (χ2v) is 7.09. The number of carbonyl (C=O) groups is 1. The lowest BCUT2D eigenvalue weighted by Gasteiger charge is -2.34. The van der Waals surface area contributed by atoms with E-state index in [-0.39, 0.29) is 10.9 Å². The minimum atomic E-state index is -0.467. The highest BCUT2D eigenvalue weighted by Crippen LogP contribution is 2.25. The second-order valence-electron chi connectivity index (χ2n) is 5.59. The molecular weight excluding hydrogens is 350 g/mol. The Hall–Kier alpha value is -1.96. The molecule has 0 aliphatic carbocycles. The molecule has 0 bridgehead atoms. The van der Waals surface area contributed by atoms with Gasteiger partial charge in [0.1, 0.15) is 0 Å². The molecule has 1 aromatic carbocycles. The molecule has 2 heterocycles. The molecule has 0 atom stereocenters. The van der Waals surface area contributed by atoms with Crippen molar-refractivity contribution in [3.8, 4) is 0 Å². The van der Waals surface area contributed by atoms with Crippen molar-refractivity contribution in [2.75, 3.05) is 26.2 Å². The fourth-order valence-electron chi connectivity index (χ4n) is 2.65. The molecule has 24 heavy (non-hydrogen) atoms. The van der Waals surface area contributed by atoms with Crippen molar-refractivity contribution in [3.63, 3.8) is 0 Å². The Labute approximate surface area is 148 Å². The maximum Gasteiger partial charge on any atom is 0.324 e. The number of thiophene rings is 1. The van der Waals surface area contributed by atoms with Gasteiger partial charge in [-0.05, 0) is 23.8 Å². The van der Waals surface area contributed by atoms with Crippen LogP contribution >= 0.6 is 22.9 Å². The topological polar surface area (TPSA) is 66.7 Å². The maximum atomic E-state index is 12.4. The summed E-state index contributed by atoms with van der Waals surface area (Å²) in [6, 6.07) is 10.7. The van der Waals surface area contributed by atoms with E-state index in [0.717, 1.165) is 36.0 Å². The van der Waals surface area contributed by atoms with Gasteiger partial charge in [0, 0.05) is 43.8 Å². The molecule has 1 saturated heterocycles. The average molecular weight is 366 g/mol. The van der Waals surface area contributed by atoms with Crippen molar-refractivity contribution >= 4 is 33.8 Å². The van der Waals surface area contributed by atoms with Crippen LogP contribution in [0.1, 0.15) is 15.2 Å². The van der Waals surface area contributed by atoms with Gasteiger partial charge in [-0.25, -0.2) is 0 Å². The summed E-state index contributed by atoms with van der Waals surface area (Å²) in [6.45, 7) is 3.63. The van der Waals surface area contributed by atoms with Gasteiger partial charge in [0.05, 0.1) is 9.80 Å². The largest absolute Gasteiger partial charge is 0.335 e. The van der Waals surface area contributed by atoms with Gasteiger partial charge < -0.3 is 4.90 Å². The van der Waals surface area contributed by atoms with Crippen LogP contribution in [-0.2, 0) is 6.54 Å². The minimum absolute atomic E-state index is 0.000255. The number of rotatable bonds is 4. The van der Waals surface area contributed by atoms with Gasteiger partial charge in [0.2, 0.25) is 0 Å². The molecule has 1 aromatic heterocycles. The molecule has 1 aliphatic heterocycles. The Kier molecular flexibility index (Phi) is 5.13. The predicted molar refractivity (Wildman–Crippen MR) is 93.6 cm³/mol. The molecule has 0 spiro atoms. The highest BCUT2D eigenvalue weighted by atomic mass is 35.5. The third-order valence-electron chi connectivity index (χ3n) is 3.96. The number of hydrogen-bond donors (Lipinski definition) is 0. The summed E-state index contributed by atoms with van der Waals surface area (Å²) < 4.78 is 0. The molecule has 0 N–H and O–H groups in total. The van der Waals surface area contributed by atoms with E-state index in [9.17, 15) is 14.9 Å². The number of hydrogen-bond acceptors (Lipinski definition) is 5. The van der Waals surface area contributed by atoms with Gasteiger partial charge in [-0.15, -0.1) is 0 Å². The van der Waals surface area contributed by atoms with E-state index in [4.69, 9.17) is 11.6 Å². The van der Waals surface area contributed by atoms with E-state index in [1.807, 2.05) is 24.3 Å². The zero-order valence-electron chi connectivity index (χ0n) is 12.9. The lowest BCUT2D eigenvalue weighted by molar-refractivity contribution is -0.380. The highest BCUT2D eigenvalue weighted by molar-refractivity contribution is 7.17. The van der Waals surface area contributed by atoms with Crippen molar-refractivity contribution in [3.05, 3.63) is 62.0 Å². The van der Waals surface area contributed by atoms with Gasteiger partial charge in [0.15, 0.2) is 0 Å². The molecule has 3 rings (SSSR count). The molecule has 0 saturated carbocycles. The average Bonchev–Trinajstić information content (AvgIpc) is 3.07. The van der Waals surface area contributed by atoms with Gasteiger partial charge in [-0.1, -0.05) is 35.1 Å². The van der Waals surface area contributed by atoms with Crippen molar-refractivity contribution in [2.24, 2.45) is 0 Å². The molecule has 126 valence electrons. The number of carbonyl (C=O) groups excluding carboxylic acids is 1. The van der Waals surface area contributed by atoms with E-state index >= 15 is 0 Å². The van der Waals surface area contributed by atoms with Crippen LogP contribution in [0.15, 0.2) is 36.4 Å². The number of piperazine rings is 1. The summed E-state index contributed by atoms with van der Waals surface area (Å²) in [4.78, 5) is 27.1. The maximum absolute atomic E-state index is 12.4. The number of benzene rings is 1. The summed E-state index contributed by atoms with van der Waals surface area (Å²) in [5.41, 5.74) is 1.19. The molecule has 8 heteroatoms. The minimum Gasteiger partial charge on any atom is -0.335 e. The molecular formula is C16H16ClN3O3S. The number of nitrogens with zero attached hydrogens (tertiary/aromatic N) is 3. The Morgan fingerprint density at radius 1 is 1.12 bits per heavy atom. The molecule has 0 radical (unpaired) electrons. The van der Waals surface area contributed by atoms with Crippen molar-refractivity contribution in [2.45, 2.75) is 6.54 Å². The summed E-state index contributed by atoms with van der Waals surface area (Å²) in [7, 11) is 0. The number of amides is 1. The van der Waals surface area contributed by atoms with Crippen LogP contribution in [0.3, 0.4) is 0 Å². The van der Waals surface area contributed by atoms with Crippen LogP contribution in [0.4, 0.5) is 5.00 Å². The zero-order valence-corrected chi connectivity index (χ0v) is 14.4. The normalized spacial score (nSPS) is 15.5. The second kappa shape index (κ2) is 7.29. The third kappa shape index (κ3) is 3.92. The van der Waals surface area contributed by atoms with Crippen molar-refractivity contribution in [1.82, 2.24) is 9.80 Å². The molecule has 1 aliphatic rings. The zero-order chi connectivity index (χ0) is 17.1. The monoisotopic (exact) mass is 365 g/mol. The van der Waals surface area contributed by atoms with E-state index in [0.29, 0.717) is 18.0 Å². The standard InChI is InChI=1S/C16H16ClN3O3S/c17-13-3-1-12(2-4-13)11-18-7-9-19(10-8-18)16(21)14-5-6-15(24-14)20(22)23/h1-6H,7-11H2. The fraction of sp³-hybridized carbons (Fsp3) is 0.312. The lowest BCUT2D eigenvalue weighted by Crippen LogP contribution is -2.48. The van der Waals surface area contributed by atoms with E-state index in [2.05, 4.69) is 4.90 Å². The van der Waals surface area contributed by atoms with Crippen LogP contribution in [-0.4, -0.2) is 46.8 Å². The first-order valence-electron chi connectivity index (χ1n) is 7.53. The third-order valence-corrected chi connectivity index (χ3v) is 5.24. The Morgan fingerprint density at radius 2 is 1.79 bits per heavy atom. The van der Waals surface area contributed by atoms with Crippen LogP contribution in [0.2, 0.25) is 5.02 Å². The molecule has 1 amide bonds. The summed E-state index contributed by atoms with van der Waals surface area (Å²) >= 11 is 6.82. The quantitative estimate of drug-likeness (QED) is 0.616. The first-order valence-corrected chi connectivity index (χ1v) is 8.72. The Morgan fingerprint density at radius 3 is 2.38 bits per heavy atom. The van der Waals surface area contributed by atoms with Gasteiger partial charge in [0.25, 0.3) is 5.91 Å². The highest BCUT2D eigenvalue weighted by Gasteiger charge is 2.24. The van der Waals surface area contributed by atoms with Gasteiger partial charge in [-0.3, -0.25) is 19.8 Å². The van der Waals surface area contributed by atoms with E-state index in [1.54, 1.807) is 4.90 Å². The molecule has 1 fully saturated rings. The van der Waals surface area contributed by atoms with E-state index < -0.39 is 4.92 Å². The van der Waals surface area contributed by atoms with Gasteiger partial charge >= 0.3 is 5.00 Å². The fourth-order valence-corrected chi connectivity index (χ4v) is 3.57. The van der Waals surface area contributed by atoms with Crippen molar-refractivity contribution < 1.29 is 9.72 Å². The molecule has 2 aromatic rings. The van der Waals surface area contributed by atoms with E-state index in [1.165, 1.54) is 17.7 Å². The smallest absolute Gasteiger partial charge is 0.324 e. The first kappa shape index (κ1) is 16.9. The summed E-state index contributed by atoms with van der Waals surface area (Å²) in [5.74, 6) is -0.126. The Bertz CT molecular complexity index is 739. The lowest BCUT2D eigenvalue weighted by atomic mass is 10.2. The molecule has 6 nitrogen and oxygen atoms in total. The number of halogens is 1. The summed E-state index contributed by atoms with van der Waals surface area (Å²) in [5, 5.41) is 11.4. The van der Waals surface area contributed by atoms with Crippen LogP contribution < -0.4 is 0 Å². The van der Waals surface area contributed by atoms with Crippen LogP contribution in [0, 0.1) is 10.1 Å². The van der Waals surface area contributed by atoms with Crippen molar-refractivity contribution in [1.29, 1.82) is 0 Å². The SMILES string of the molecule is O=C(c1ccc([N+](=O)[O-])s1)N1CCN(Cc2ccc(Cl)cc2)CC1.